The average Bonchev–Trinajstić information content (AvgIpc) is 2.39. The van der Waals surface area contributed by atoms with Crippen LogP contribution in [0.25, 0.3) is 0 Å². The van der Waals surface area contributed by atoms with Gasteiger partial charge in [0.25, 0.3) is 5.56 Å². The number of hydrogen-bond acceptors (Lipinski definition) is 4. The molecule has 0 radical (unpaired) electrons. The molecule has 98 valence electrons. The van der Waals surface area contributed by atoms with E-state index in [2.05, 4.69) is 25.9 Å². The van der Waals surface area contributed by atoms with Gasteiger partial charge in [-0.1, -0.05) is 6.07 Å². The van der Waals surface area contributed by atoms with Gasteiger partial charge in [0.15, 0.2) is 0 Å². The number of nitrogens with zero attached hydrogens (tertiary/aromatic N) is 3. The van der Waals surface area contributed by atoms with Crippen LogP contribution in [0, 0.1) is 6.92 Å². The normalized spacial score (nSPS) is 15.2. The second-order valence-corrected chi connectivity index (χ2v) is 4.90. The summed E-state index contributed by atoms with van der Waals surface area (Å²) in [4.78, 5) is 25.5. The average molecular weight is 256 g/mol. The largest absolute Gasteiger partial charge is 0.311 e. The van der Waals surface area contributed by atoms with Gasteiger partial charge in [-0.2, -0.15) is 0 Å². The zero-order valence-electron chi connectivity index (χ0n) is 10.9. The molecule has 2 aromatic rings. The standard InChI is InChI=1S/C14H16N4O/c1-10-16-13-9-18(6-4-12(13)14(19)17-10)8-11-3-2-5-15-7-11/h2-3,5,7H,4,6,8-9H2,1H3,(H,16,17,19). The van der Waals surface area contributed by atoms with Gasteiger partial charge in [-0.3, -0.25) is 14.7 Å². The molecule has 1 N–H and O–H groups in total. The monoisotopic (exact) mass is 256 g/mol. The Kier molecular flexibility index (Phi) is 3.13. The van der Waals surface area contributed by atoms with Crippen LogP contribution in [-0.2, 0) is 19.5 Å². The fourth-order valence-electron chi connectivity index (χ4n) is 2.50. The first-order valence-electron chi connectivity index (χ1n) is 6.42. The van der Waals surface area contributed by atoms with Crippen molar-refractivity contribution in [2.45, 2.75) is 26.4 Å². The minimum Gasteiger partial charge on any atom is -0.311 e. The van der Waals surface area contributed by atoms with Crippen molar-refractivity contribution in [3.63, 3.8) is 0 Å². The van der Waals surface area contributed by atoms with Crippen LogP contribution < -0.4 is 5.56 Å². The smallest absolute Gasteiger partial charge is 0.254 e. The van der Waals surface area contributed by atoms with Gasteiger partial charge in [-0.15, -0.1) is 0 Å². The molecular formula is C14H16N4O. The molecule has 5 nitrogen and oxygen atoms in total. The first-order chi connectivity index (χ1) is 9.22. The number of aromatic nitrogens is 3. The number of hydrogen-bond donors (Lipinski definition) is 1. The summed E-state index contributed by atoms with van der Waals surface area (Å²) < 4.78 is 0. The third-order valence-electron chi connectivity index (χ3n) is 3.40. The van der Waals surface area contributed by atoms with Gasteiger partial charge in [-0.05, 0) is 25.0 Å². The highest BCUT2D eigenvalue weighted by Gasteiger charge is 2.20. The summed E-state index contributed by atoms with van der Waals surface area (Å²) in [5.41, 5.74) is 2.96. The van der Waals surface area contributed by atoms with E-state index in [0.29, 0.717) is 5.82 Å². The zero-order chi connectivity index (χ0) is 13.2. The Morgan fingerprint density at radius 2 is 2.37 bits per heavy atom. The fraction of sp³-hybridized carbons (Fsp3) is 0.357. The second-order valence-electron chi connectivity index (χ2n) is 4.90. The Bertz CT molecular complexity index is 636. The van der Waals surface area contributed by atoms with Crippen LogP contribution in [-0.4, -0.2) is 26.4 Å². The summed E-state index contributed by atoms with van der Waals surface area (Å²) >= 11 is 0. The van der Waals surface area contributed by atoms with Gasteiger partial charge in [0, 0.05) is 37.6 Å². The molecule has 19 heavy (non-hydrogen) atoms. The van der Waals surface area contributed by atoms with Crippen LogP contribution in [0.1, 0.15) is 22.6 Å². The van der Waals surface area contributed by atoms with Crippen molar-refractivity contribution in [2.75, 3.05) is 6.54 Å². The summed E-state index contributed by atoms with van der Waals surface area (Å²) in [5, 5.41) is 0. The Balaban J connectivity index is 1.81. The van der Waals surface area contributed by atoms with Gasteiger partial charge in [-0.25, -0.2) is 4.98 Å². The molecule has 3 heterocycles. The number of H-pyrrole nitrogens is 1. The number of rotatable bonds is 2. The summed E-state index contributed by atoms with van der Waals surface area (Å²) in [7, 11) is 0. The number of aryl methyl sites for hydroxylation is 1. The Labute approximate surface area is 111 Å². The van der Waals surface area contributed by atoms with Crippen molar-refractivity contribution >= 4 is 0 Å². The van der Waals surface area contributed by atoms with Crippen molar-refractivity contribution in [2.24, 2.45) is 0 Å². The molecule has 3 rings (SSSR count). The van der Waals surface area contributed by atoms with Crippen molar-refractivity contribution in [3.05, 3.63) is 57.5 Å². The quantitative estimate of drug-likeness (QED) is 0.872. The van der Waals surface area contributed by atoms with Crippen LogP contribution >= 0.6 is 0 Å². The Morgan fingerprint density at radius 3 is 3.16 bits per heavy atom. The lowest BCUT2D eigenvalue weighted by Crippen LogP contribution is -2.35. The van der Waals surface area contributed by atoms with Gasteiger partial charge in [0.2, 0.25) is 0 Å². The molecule has 0 saturated heterocycles. The summed E-state index contributed by atoms with van der Waals surface area (Å²) in [6, 6.07) is 4.01. The number of aromatic amines is 1. The fourth-order valence-corrected chi connectivity index (χ4v) is 2.50. The predicted molar refractivity (Wildman–Crippen MR) is 71.6 cm³/mol. The van der Waals surface area contributed by atoms with Gasteiger partial charge < -0.3 is 4.98 Å². The maximum absolute atomic E-state index is 11.8. The van der Waals surface area contributed by atoms with E-state index in [-0.39, 0.29) is 5.56 Å². The van der Waals surface area contributed by atoms with E-state index >= 15 is 0 Å². The second kappa shape index (κ2) is 4.93. The van der Waals surface area contributed by atoms with E-state index in [0.717, 1.165) is 37.3 Å². The van der Waals surface area contributed by atoms with Crippen molar-refractivity contribution in [3.8, 4) is 0 Å². The molecule has 0 fully saturated rings. The summed E-state index contributed by atoms with van der Waals surface area (Å²) in [6.45, 7) is 4.28. The van der Waals surface area contributed by atoms with Crippen LogP contribution in [0.5, 0.6) is 0 Å². The van der Waals surface area contributed by atoms with E-state index in [1.807, 2.05) is 19.2 Å². The molecular weight excluding hydrogens is 240 g/mol. The molecule has 0 spiro atoms. The molecule has 0 bridgehead atoms. The van der Waals surface area contributed by atoms with E-state index in [9.17, 15) is 4.79 Å². The van der Waals surface area contributed by atoms with Gasteiger partial charge in [0.1, 0.15) is 5.82 Å². The molecule has 0 amide bonds. The number of fused-ring (bicyclic) bond motifs is 1. The highest BCUT2D eigenvalue weighted by Crippen LogP contribution is 2.15. The molecule has 0 atom stereocenters. The van der Waals surface area contributed by atoms with E-state index in [1.54, 1.807) is 6.20 Å². The van der Waals surface area contributed by atoms with E-state index in [4.69, 9.17) is 0 Å². The third-order valence-corrected chi connectivity index (χ3v) is 3.40. The lowest BCUT2D eigenvalue weighted by atomic mass is 10.1. The highest BCUT2D eigenvalue weighted by molar-refractivity contribution is 5.21. The van der Waals surface area contributed by atoms with Gasteiger partial charge in [0.05, 0.1) is 5.69 Å². The molecule has 1 aliphatic rings. The van der Waals surface area contributed by atoms with Crippen LogP contribution in [0.15, 0.2) is 29.3 Å². The predicted octanol–water partition coefficient (Wildman–Crippen LogP) is 1.03. The SMILES string of the molecule is Cc1nc2c(c(=O)[nH]1)CCN(Cc1cccnc1)C2. The maximum atomic E-state index is 11.8. The molecule has 2 aromatic heterocycles. The lowest BCUT2D eigenvalue weighted by Gasteiger charge is -2.27. The van der Waals surface area contributed by atoms with Crippen LogP contribution in [0.4, 0.5) is 0 Å². The Morgan fingerprint density at radius 1 is 1.47 bits per heavy atom. The number of pyridine rings is 1. The molecule has 0 aliphatic carbocycles. The maximum Gasteiger partial charge on any atom is 0.254 e. The minimum absolute atomic E-state index is 0.0172. The summed E-state index contributed by atoms with van der Waals surface area (Å²) in [6.07, 6.45) is 4.42. The van der Waals surface area contributed by atoms with E-state index in [1.165, 1.54) is 5.56 Å². The van der Waals surface area contributed by atoms with Crippen molar-refractivity contribution in [1.29, 1.82) is 0 Å². The first kappa shape index (κ1) is 12.0. The molecule has 5 heteroatoms. The Hall–Kier alpha value is -2.01. The van der Waals surface area contributed by atoms with Gasteiger partial charge >= 0.3 is 0 Å². The molecule has 0 saturated carbocycles. The van der Waals surface area contributed by atoms with Crippen LogP contribution in [0.3, 0.4) is 0 Å². The minimum atomic E-state index is 0.0172. The van der Waals surface area contributed by atoms with Crippen molar-refractivity contribution < 1.29 is 0 Å². The topological polar surface area (TPSA) is 61.9 Å². The zero-order valence-corrected chi connectivity index (χ0v) is 10.9. The van der Waals surface area contributed by atoms with Crippen LogP contribution in [0.2, 0.25) is 0 Å². The lowest BCUT2D eigenvalue weighted by molar-refractivity contribution is 0.240. The first-order valence-corrected chi connectivity index (χ1v) is 6.42. The molecule has 1 aliphatic heterocycles. The van der Waals surface area contributed by atoms with E-state index < -0.39 is 0 Å². The van der Waals surface area contributed by atoms with Crippen molar-refractivity contribution in [1.82, 2.24) is 19.9 Å². The molecule has 0 aromatic carbocycles. The summed E-state index contributed by atoms with van der Waals surface area (Å²) in [5.74, 6) is 0.687. The third kappa shape index (κ3) is 2.56. The number of nitrogens with one attached hydrogen (secondary N) is 1. The highest BCUT2D eigenvalue weighted by atomic mass is 16.1. The molecule has 0 unspecified atom stereocenters.